The lowest BCUT2D eigenvalue weighted by atomic mass is 10.3. The Balaban J connectivity index is 0.000000130. The van der Waals surface area contributed by atoms with Gasteiger partial charge >= 0.3 is 0 Å². The molecular weight excluding hydrogens is 580 g/mol. The number of aromatic nitrogens is 5. The van der Waals surface area contributed by atoms with Gasteiger partial charge in [-0.05, 0) is 12.1 Å². The monoisotopic (exact) mass is 587 g/mol. The predicted octanol–water partition coefficient (Wildman–Crippen LogP) is 9.02. The second kappa shape index (κ2) is 11.2. The van der Waals surface area contributed by atoms with E-state index in [9.17, 15) is 0 Å². The number of hydrogen-bond donors (Lipinski definition) is 0. The highest BCUT2D eigenvalue weighted by Gasteiger charge is 2.15. The van der Waals surface area contributed by atoms with Crippen molar-refractivity contribution in [2.75, 3.05) is 0 Å². The van der Waals surface area contributed by atoms with E-state index in [2.05, 4.69) is 24.9 Å². The van der Waals surface area contributed by atoms with E-state index < -0.39 is 0 Å². The van der Waals surface area contributed by atoms with E-state index in [1.807, 2.05) is 29.6 Å². The van der Waals surface area contributed by atoms with Crippen LogP contribution in [0.15, 0.2) is 53.7 Å². The van der Waals surface area contributed by atoms with Gasteiger partial charge in [-0.15, -0.1) is 11.3 Å². The van der Waals surface area contributed by atoms with Gasteiger partial charge in [0.05, 0.1) is 36.6 Å². The largest absolute Gasteiger partial charge is 0.253 e. The summed E-state index contributed by atoms with van der Waals surface area (Å²) in [7, 11) is 0. The zero-order valence-corrected chi connectivity index (χ0v) is 22.4. The van der Waals surface area contributed by atoms with Crippen molar-refractivity contribution >= 4 is 124 Å². The summed E-state index contributed by atoms with van der Waals surface area (Å²) >= 11 is 33.3. The Labute approximate surface area is 224 Å². The standard InChI is InChI=1S/C9H4N2S3.C8H2Cl4N2.C3H3NS/c12-9-13-7-8(14-9)11-6-4-2-1-3-5(6)10-7;9-3-4(10)6(12)8-7(5(3)11)13-1-2-14-8;1-2-5-3-4-1/h1-4H;1-2H;1-3H. The van der Waals surface area contributed by atoms with Crippen LogP contribution in [0.25, 0.3) is 31.7 Å². The van der Waals surface area contributed by atoms with Gasteiger partial charge in [0.25, 0.3) is 0 Å². The van der Waals surface area contributed by atoms with E-state index in [1.54, 1.807) is 23.0 Å². The van der Waals surface area contributed by atoms with Crippen LogP contribution in [0, 0.1) is 3.14 Å². The molecule has 2 aromatic carbocycles. The van der Waals surface area contributed by atoms with Gasteiger partial charge < -0.3 is 0 Å². The number of hydrogen-bond acceptors (Lipinski definition) is 9. The average Bonchev–Trinajstić information content (AvgIpc) is 3.53. The number of fused-ring (bicyclic) bond motifs is 3. The second-order valence-corrected chi connectivity index (χ2v) is 11.4. The van der Waals surface area contributed by atoms with E-state index in [4.69, 9.17) is 58.6 Å². The van der Waals surface area contributed by atoms with Gasteiger partial charge in [0.2, 0.25) is 0 Å². The fraction of sp³-hybridized carbons (Fsp3) is 0. The number of nitrogens with zero attached hydrogens (tertiary/aromatic N) is 5. The molecule has 13 heteroatoms. The normalized spacial score (nSPS) is 10.5. The van der Waals surface area contributed by atoms with Crippen molar-refractivity contribution in [3.63, 3.8) is 0 Å². The van der Waals surface area contributed by atoms with Gasteiger partial charge in [0.1, 0.15) is 14.2 Å². The quantitative estimate of drug-likeness (QED) is 0.100. The summed E-state index contributed by atoms with van der Waals surface area (Å²) in [5.41, 5.74) is 4.57. The predicted molar refractivity (Wildman–Crippen MR) is 145 cm³/mol. The molecule has 0 N–H and O–H groups in total. The van der Waals surface area contributed by atoms with Crippen LogP contribution in [0.3, 0.4) is 0 Å². The Hall–Kier alpha value is -1.56. The molecule has 0 saturated heterocycles. The first kappa shape index (κ1) is 24.6. The molecule has 0 spiro atoms. The first-order chi connectivity index (χ1) is 16.0. The molecule has 0 unspecified atom stereocenters. The summed E-state index contributed by atoms with van der Waals surface area (Å²) < 4.78 is 0.885. The highest BCUT2D eigenvalue weighted by atomic mass is 35.5. The highest BCUT2D eigenvalue weighted by molar-refractivity contribution is 7.77. The van der Waals surface area contributed by atoms with Gasteiger partial charge in [-0.25, -0.2) is 9.97 Å². The number of para-hydroxylation sites is 2. The summed E-state index contributed by atoms with van der Waals surface area (Å²) in [5.74, 6) is 0. The van der Waals surface area contributed by atoms with Crippen molar-refractivity contribution < 1.29 is 0 Å². The Morgan fingerprint density at radius 1 is 0.697 bits per heavy atom. The second-order valence-electron chi connectivity index (χ2n) is 5.96. The zero-order chi connectivity index (χ0) is 23.4. The number of benzene rings is 2. The van der Waals surface area contributed by atoms with Crippen LogP contribution in [-0.2, 0) is 0 Å². The minimum absolute atomic E-state index is 0.200. The Morgan fingerprint density at radius 2 is 1.21 bits per heavy atom. The van der Waals surface area contributed by atoms with Crippen LogP contribution in [0.4, 0.5) is 0 Å². The molecule has 0 radical (unpaired) electrons. The Kier molecular flexibility index (Phi) is 8.37. The molecule has 4 heterocycles. The first-order valence-corrected chi connectivity index (χ1v) is 13.4. The molecule has 5 nitrogen and oxygen atoms in total. The molecule has 0 aliphatic heterocycles. The fourth-order valence-electron chi connectivity index (χ4n) is 2.51. The molecule has 6 aromatic rings. The number of rotatable bonds is 0. The Morgan fingerprint density at radius 3 is 1.61 bits per heavy atom. The Bertz CT molecular complexity index is 1480. The third-order valence-electron chi connectivity index (χ3n) is 3.91. The molecule has 0 amide bonds. The molecule has 0 bridgehead atoms. The molecule has 0 aliphatic rings. The lowest BCUT2D eigenvalue weighted by molar-refractivity contribution is 1.29. The van der Waals surface area contributed by atoms with Crippen LogP contribution >= 0.6 is 92.6 Å². The lowest BCUT2D eigenvalue weighted by Gasteiger charge is -2.05. The van der Waals surface area contributed by atoms with E-state index in [0.717, 1.165) is 23.8 Å². The topological polar surface area (TPSA) is 64.5 Å². The molecule has 166 valence electrons. The van der Waals surface area contributed by atoms with Crippen LogP contribution < -0.4 is 0 Å². The van der Waals surface area contributed by atoms with Gasteiger partial charge in [-0.3, -0.25) is 15.0 Å². The zero-order valence-electron chi connectivity index (χ0n) is 16.1. The van der Waals surface area contributed by atoms with E-state index in [0.29, 0.717) is 11.0 Å². The van der Waals surface area contributed by atoms with Crippen LogP contribution in [0.1, 0.15) is 0 Å². The maximum Gasteiger partial charge on any atom is 0.155 e. The van der Waals surface area contributed by atoms with Crippen molar-refractivity contribution in [1.82, 2.24) is 24.9 Å². The molecule has 0 aliphatic carbocycles. The lowest BCUT2D eigenvalue weighted by Crippen LogP contribution is -1.87. The van der Waals surface area contributed by atoms with Gasteiger partial charge in [0.15, 0.2) is 9.66 Å². The van der Waals surface area contributed by atoms with Crippen molar-refractivity contribution in [2.45, 2.75) is 0 Å². The van der Waals surface area contributed by atoms with E-state index in [-0.39, 0.29) is 20.1 Å². The minimum Gasteiger partial charge on any atom is -0.253 e. The third-order valence-corrected chi connectivity index (χ3v) is 8.63. The van der Waals surface area contributed by atoms with Crippen molar-refractivity contribution in [1.29, 1.82) is 0 Å². The van der Waals surface area contributed by atoms with E-state index >= 15 is 0 Å². The smallest absolute Gasteiger partial charge is 0.155 e. The molecule has 0 atom stereocenters. The first-order valence-electron chi connectivity index (χ1n) is 8.87. The van der Waals surface area contributed by atoms with Gasteiger partial charge in [-0.2, -0.15) is 0 Å². The van der Waals surface area contributed by atoms with E-state index in [1.165, 1.54) is 35.1 Å². The molecular formula is C20H9Cl4N5S4. The number of halogens is 4. The molecule has 33 heavy (non-hydrogen) atoms. The molecule has 6 rings (SSSR count). The summed E-state index contributed by atoms with van der Waals surface area (Å²) in [6.07, 6.45) is 4.79. The molecule has 0 fully saturated rings. The summed E-state index contributed by atoms with van der Waals surface area (Å²) in [6, 6.07) is 7.87. The summed E-state index contributed by atoms with van der Waals surface area (Å²) in [5, 5.41) is 2.87. The van der Waals surface area contributed by atoms with Crippen LogP contribution in [-0.4, -0.2) is 24.9 Å². The maximum absolute atomic E-state index is 5.93. The van der Waals surface area contributed by atoms with Gasteiger partial charge in [0, 0.05) is 24.0 Å². The van der Waals surface area contributed by atoms with Crippen LogP contribution in [0.2, 0.25) is 20.1 Å². The number of thiazole rings is 1. The highest BCUT2D eigenvalue weighted by Crippen LogP contribution is 2.41. The third kappa shape index (κ3) is 5.75. The van der Waals surface area contributed by atoms with Crippen molar-refractivity contribution in [2.24, 2.45) is 0 Å². The summed E-state index contributed by atoms with van der Waals surface area (Å²) in [6.45, 7) is 0. The van der Waals surface area contributed by atoms with Crippen LogP contribution in [0.5, 0.6) is 0 Å². The fourth-order valence-corrected chi connectivity index (χ4v) is 6.03. The maximum atomic E-state index is 5.93. The van der Waals surface area contributed by atoms with Gasteiger partial charge in [-0.1, -0.05) is 93.4 Å². The van der Waals surface area contributed by atoms with Crippen molar-refractivity contribution in [3.05, 3.63) is 77.0 Å². The molecule has 0 saturated carbocycles. The SMILES string of the molecule is Clc1c(Cl)c(Cl)c2nccnc2c1Cl.S=c1sc2nc3ccccc3nc2s1.c1cscn1. The average molecular weight is 589 g/mol. The summed E-state index contributed by atoms with van der Waals surface area (Å²) in [4.78, 5) is 22.7. The minimum atomic E-state index is 0.200. The molecule has 4 aromatic heterocycles. The van der Waals surface area contributed by atoms with Crippen molar-refractivity contribution in [3.8, 4) is 0 Å².